The standard InChI is InChI=1S/C12H16N2O4/c1-12(18,7-15)6-14-11(17)9-4-2-8(3-5-9)10(13)16/h2-5,15,18H,6-7H2,1H3,(H2,13,16)(H,14,17). The molecule has 6 nitrogen and oxygen atoms in total. The summed E-state index contributed by atoms with van der Waals surface area (Å²) in [7, 11) is 0. The highest BCUT2D eigenvalue weighted by molar-refractivity contribution is 5.97. The first-order valence-corrected chi connectivity index (χ1v) is 5.37. The molecule has 0 aromatic heterocycles. The zero-order valence-electron chi connectivity index (χ0n) is 10.0. The molecule has 5 N–H and O–H groups in total. The van der Waals surface area contributed by atoms with Crippen LogP contribution in [-0.2, 0) is 0 Å². The Labute approximate surface area is 104 Å². The van der Waals surface area contributed by atoms with E-state index >= 15 is 0 Å². The zero-order chi connectivity index (χ0) is 13.8. The first kappa shape index (κ1) is 14.1. The van der Waals surface area contributed by atoms with Gasteiger partial charge in [-0.2, -0.15) is 0 Å². The molecule has 0 aliphatic rings. The Hall–Kier alpha value is -1.92. The molecule has 0 radical (unpaired) electrons. The zero-order valence-corrected chi connectivity index (χ0v) is 10.0. The van der Waals surface area contributed by atoms with Gasteiger partial charge in [-0.25, -0.2) is 0 Å². The SMILES string of the molecule is CC(O)(CO)CNC(=O)c1ccc(C(N)=O)cc1. The van der Waals surface area contributed by atoms with Crippen molar-refractivity contribution in [3.8, 4) is 0 Å². The summed E-state index contributed by atoms with van der Waals surface area (Å²) in [5.74, 6) is -0.968. The van der Waals surface area contributed by atoms with Crippen LogP contribution in [0.3, 0.4) is 0 Å². The van der Waals surface area contributed by atoms with Crippen LogP contribution in [0.15, 0.2) is 24.3 Å². The molecule has 1 rings (SSSR count). The number of carbonyl (C=O) groups excluding carboxylic acids is 2. The number of benzene rings is 1. The fourth-order valence-electron chi connectivity index (χ4n) is 1.21. The van der Waals surface area contributed by atoms with Crippen molar-refractivity contribution in [1.29, 1.82) is 0 Å². The molecular formula is C12H16N2O4. The molecule has 0 saturated carbocycles. The molecule has 0 spiro atoms. The monoisotopic (exact) mass is 252 g/mol. The number of hydrogen-bond acceptors (Lipinski definition) is 4. The van der Waals surface area contributed by atoms with Gasteiger partial charge in [-0.1, -0.05) is 0 Å². The van der Waals surface area contributed by atoms with Gasteiger partial charge in [-0.05, 0) is 31.2 Å². The average molecular weight is 252 g/mol. The maximum Gasteiger partial charge on any atom is 0.251 e. The minimum atomic E-state index is -1.36. The number of aliphatic hydroxyl groups is 2. The highest BCUT2D eigenvalue weighted by atomic mass is 16.3. The molecule has 2 amide bonds. The maximum atomic E-state index is 11.7. The molecule has 1 aromatic rings. The lowest BCUT2D eigenvalue weighted by atomic mass is 10.1. The van der Waals surface area contributed by atoms with Crippen LogP contribution >= 0.6 is 0 Å². The predicted octanol–water partition coefficient (Wildman–Crippen LogP) is -0.741. The van der Waals surface area contributed by atoms with Gasteiger partial charge in [0.2, 0.25) is 5.91 Å². The van der Waals surface area contributed by atoms with Crippen molar-refractivity contribution in [3.05, 3.63) is 35.4 Å². The Morgan fingerprint density at radius 1 is 1.28 bits per heavy atom. The molecule has 1 aromatic carbocycles. The van der Waals surface area contributed by atoms with Crippen molar-refractivity contribution in [3.63, 3.8) is 0 Å². The molecule has 0 saturated heterocycles. The second-order valence-electron chi connectivity index (χ2n) is 4.28. The molecule has 6 heteroatoms. The number of nitrogens with one attached hydrogen (secondary N) is 1. The van der Waals surface area contributed by atoms with Crippen LogP contribution in [0, 0.1) is 0 Å². The van der Waals surface area contributed by atoms with Crippen LogP contribution in [0.2, 0.25) is 0 Å². The van der Waals surface area contributed by atoms with Crippen LogP contribution in [0.5, 0.6) is 0 Å². The van der Waals surface area contributed by atoms with Gasteiger partial charge >= 0.3 is 0 Å². The van der Waals surface area contributed by atoms with Gasteiger partial charge in [0.15, 0.2) is 0 Å². The van der Waals surface area contributed by atoms with Crippen molar-refractivity contribution in [2.45, 2.75) is 12.5 Å². The van der Waals surface area contributed by atoms with Crippen LogP contribution in [0.25, 0.3) is 0 Å². The Morgan fingerprint density at radius 2 is 1.78 bits per heavy atom. The van der Waals surface area contributed by atoms with E-state index in [1.807, 2.05) is 0 Å². The quantitative estimate of drug-likeness (QED) is 0.552. The largest absolute Gasteiger partial charge is 0.393 e. The number of primary amides is 1. The molecule has 98 valence electrons. The Bertz CT molecular complexity index is 440. The summed E-state index contributed by atoms with van der Waals surface area (Å²) in [5, 5.41) is 20.8. The predicted molar refractivity (Wildman–Crippen MR) is 65.0 cm³/mol. The van der Waals surface area contributed by atoms with Gasteiger partial charge < -0.3 is 21.3 Å². The summed E-state index contributed by atoms with van der Waals surface area (Å²) < 4.78 is 0. The molecule has 0 aliphatic heterocycles. The molecular weight excluding hydrogens is 236 g/mol. The molecule has 0 heterocycles. The summed E-state index contributed by atoms with van der Waals surface area (Å²) in [4.78, 5) is 22.5. The van der Waals surface area contributed by atoms with Crippen LogP contribution in [0.1, 0.15) is 27.6 Å². The fraction of sp³-hybridized carbons (Fsp3) is 0.333. The Morgan fingerprint density at radius 3 is 2.22 bits per heavy atom. The van der Waals surface area contributed by atoms with Gasteiger partial charge in [0.1, 0.15) is 5.60 Å². The van der Waals surface area contributed by atoms with Crippen molar-refractivity contribution in [2.75, 3.05) is 13.2 Å². The first-order chi connectivity index (χ1) is 8.35. The summed E-state index contributed by atoms with van der Waals surface area (Å²) in [6.45, 7) is 0.886. The van der Waals surface area contributed by atoms with E-state index < -0.39 is 24.0 Å². The van der Waals surface area contributed by atoms with Gasteiger partial charge in [-0.3, -0.25) is 9.59 Å². The van der Waals surface area contributed by atoms with Crippen LogP contribution < -0.4 is 11.1 Å². The minimum Gasteiger partial charge on any atom is -0.393 e. The Kier molecular flexibility index (Phi) is 4.41. The Balaban J connectivity index is 2.65. The molecule has 1 atom stereocenters. The highest BCUT2D eigenvalue weighted by Crippen LogP contribution is 2.05. The smallest absolute Gasteiger partial charge is 0.251 e. The number of amides is 2. The number of rotatable bonds is 5. The number of carbonyl (C=O) groups is 2. The third-order valence-electron chi connectivity index (χ3n) is 2.40. The summed E-state index contributed by atoms with van der Waals surface area (Å²) in [6.07, 6.45) is 0. The van der Waals surface area contributed by atoms with E-state index in [1.54, 1.807) is 0 Å². The summed E-state index contributed by atoms with van der Waals surface area (Å²) in [6, 6.07) is 5.81. The highest BCUT2D eigenvalue weighted by Gasteiger charge is 2.20. The topological polar surface area (TPSA) is 113 Å². The maximum absolute atomic E-state index is 11.7. The molecule has 1 unspecified atom stereocenters. The van der Waals surface area contributed by atoms with E-state index in [1.165, 1.54) is 31.2 Å². The van der Waals surface area contributed by atoms with E-state index in [0.717, 1.165) is 0 Å². The molecule has 0 bridgehead atoms. The van der Waals surface area contributed by atoms with Crippen molar-refractivity contribution in [1.82, 2.24) is 5.32 Å². The summed E-state index contributed by atoms with van der Waals surface area (Å²) in [5.41, 5.74) is 4.37. The molecule has 0 aliphatic carbocycles. The third kappa shape index (κ3) is 3.83. The van der Waals surface area contributed by atoms with Gasteiger partial charge in [0, 0.05) is 17.7 Å². The lowest BCUT2D eigenvalue weighted by molar-refractivity contribution is 0.00320. The minimum absolute atomic E-state index is 0.0695. The number of aliphatic hydroxyl groups excluding tert-OH is 1. The summed E-state index contributed by atoms with van der Waals surface area (Å²) >= 11 is 0. The lowest BCUT2D eigenvalue weighted by Crippen LogP contribution is -2.43. The average Bonchev–Trinajstić information content (AvgIpc) is 2.36. The van der Waals surface area contributed by atoms with E-state index in [-0.39, 0.29) is 6.54 Å². The fourth-order valence-corrected chi connectivity index (χ4v) is 1.21. The van der Waals surface area contributed by atoms with Gasteiger partial charge in [-0.15, -0.1) is 0 Å². The van der Waals surface area contributed by atoms with Crippen LogP contribution in [0.4, 0.5) is 0 Å². The molecule has 18 heavy (non-hydrogen) atoms. The lowest BCUT2D eigenvalue weighted by Gasteiger charge is -2.20. The number of nitrogens with two attached hydrogens (primary N) is 1. The van der Waals surface area contributed by atoms with Crippen molar-refractivity contribution in [2.24, 2.45) is 5.73 Å². The van der Waals surface area contributed by atoms with E-state index in [0.29, 0.717) is 11.1 Å². The molecule has 0 fully saturated rings. The number of hydrogen-bond donors (Lipinski definition) is 4. The second kappa shape index (κ2) is 5.61. The van der Waals surface area contributed by atoms with Gasteiger partial charge in [0.05, 0.1) is 6.61 Å². The van der Waals surface area contributed by atoms with E-state index in [4.69, 9.17) is 10.8 Å². The van der Waals surface area contributed by atoms with E-state index in [9.17, 15) is 14.7 Å². The normalized spacial score (nSPS) is 13.7. The van der Waals surface area contributed by atoms with E-state index in [2.05, 4.69) is 5.32 Å². The van der Waals surface area contributed by atoms with Crippen LogP contribution in [-0.4, -0.2) is 40.8 Å². The second-order valence-corrected chi connectivity index (χ2v) is 4.28. The van der Waals surface area contributed by atoms with Crippen molar-refractivity contribution < 1.29 is 19.8 Å². The third-order valence-corrected chi connectivity index (χ3v) is 2.40. The van der Waals surface area contributed by atoms with Gasteiger partial charge in [0.25, 0.3) is 5.91 Å². The van der Waals surface area contributed by atoms with Crippen molar-refractivity contribution >= 4 is 11.8 Å². The first-order valence-electron chi connectivity index (χ1n) is 5.37.